The third-order valence-electron chi connectivity index (χ3n) is 5.98. The molecule has 0 fully saturated rings. The molecule has 0 aliphatic heterocycles. The minimum Gasteiger partial charge on any atom is -0.317 e. The van der Waals surface area contributed by atoms with Gasteiger partial charge in [0, 0.05) is 22.7 Å². The van der Waals surface area contributed by atoms with Crippen molar-refractivity contribution in [3.8, 4) is 22.6 Å². The van der Waals surface area contributed by atoms with Crippen LogP contribution in [0, 0.1) is 22.7 Å². The zero-order valence-corrected chi connectivity index (χ0v) is 19.0. The Labute approximate surface area is 195 Å². The Bertz CT molecular complexity index is 1310. The van der Waals surface area contributed by atoms with Crippen molar-refractivity contribution in [3.05, 3.63) is 63.8 Å². The summed E-state index contributed by atoms with van der Waals surface area (Å²) in [7, 11) is 0. The average Bonchev–Trinajstić information content (AvgIpc) is 3.41. The Hall–Kier alpha value is -3.13. The van der Waals surface area contributed by atoms with Gasteiger partial charge in [-0.15, -0.1) is 23.1 Å². The molecule has 158 valence electrons. The lowest BCUT2D eigenvalue weighted by atomic mass is 9.90. The number of thiophene rings is 1. The van der Waals surface area contributed by atoms with E-state index in [-0.39, 0.29) is 5.91 Å². The number of rotatable bonds is 5. The van der Waals surface area contributed by atoms with Crippen LogP contribution in [0.1, 0.15) is 46.4 Å². The lowest BCUT2D eigenvalue weighted by molar-refractivity contribution is -0.115. The molecule has 2 aliphatic rings. The number of nitriles is 2. The molecule has 5 nitrogen and oxygen atoms in total. The topological polar surface area (TPSA) is 89.6 Å². The van der Waals surface area contributed by atoms with Crippen LogP contribution < -0.4 is 5.32 Å². The molecule has 7 heteroatoms. The van der Waals surface area contributed by atoms with Gasteiger partial charge in [0.25, 0.3) is 0 Å². The van der Waals surface area contributed by atoms with E-state index >= 15 is 0 Å². The van der Waals surface area contributed by atoms with E-state index in [1.807, 2.05) is 18.2 Å². The van der Waals surface area contributed by atoms with E-state index in [2.05, 4.69) is 34.6 Å². The number of amides is 1. The van der Waals surface area contributed by atoms with Crippen molar-refractivity contribution in [2.75, 3.05) is 11.1 Å². The SMILES string of the molecule is N#Cc1cc2c(nc1SCCC(=O)Nc1sc3c(c1C#N)CCc1ccccc1-3)CCC2. The van der Waals surface area contributed by atoms with E-state index in [9.17, 15) is 15.3 Å². The van der Waals surface area contributed by atoms with Gasteiger partial charge in [-0.3, -0.25) is 4.79 Å². The van der Waals surface area contributed by atoms with Crippen LogP contribution in [0.2, 0.25) is 0 Å². The number of thioether (sulfide) groups is 1. The molecule has 0 saturated heterocycles. The van der Waals surface area contributed by atoms with E-state index in [4.69, 9.17) is 0 Å². The van der Waals surface area contributed by atoms with Crippen LogP contribution in [-0.2, 0) is 30.5 Å². The molecule has 2 aliphatic carbocycles. The summed E-state index contributed by atoms with van der Waals surface area (Å²) in [5, 5.41) is 23.5. The average molecular weight is 457 g/mol. The lowest BCUT2D eigenvalue weighted by Crippen LogP contribution is -2.12. The Balaban J connectivity index is 1.28. The molecule has 5 rings (SSSR count). The van der Waals surface area contributed by atoms with Crippen molar-refractivity contribution in [2.45, 2.75) is 43.6 Å². The molecule has 1 aromatic carbocycles. The second kappa shape index (κ2) is 8.78. The van der Waals surface area contributed by atoms with Crippen LogP contribution in [0.5, 0.6) is 0 Å². The smallest absolute Gasteiger partial charge is 0.225 e. The molecule has 0 unspecified atom stereocenters. The van der Waals surface area contributed by atoms with Crippen LogP contribution in [0.15, 0.2) is 35.4 Å². The summed E-state index contributed by atoms with van der Waals surface area (Å²) in [5.41, 5.74) is 6.94. The Morgan fingerprint density at radius 1 is 1.12 bits per heavy atom. The molecular formula is C25H20N4OS2. The fourth-order valence-corrected chi connectivity index (χ4v) is 6.61. The Kier molecular flexibility index (Phi) is 5.70. The van der Waals surface area contributed by atoms with Gasteiger partial charge < -0.3 is 5.32 Å². The van der Waals surface area contributed by atoms with E-state index in [1.54, 1.807) is 0 Å². The molecule has 0 atom stereocenters. The van der Waals surface area contributed by atoms with E-state index in [1.165, 1.54) is 34.2 Å². The third kappa shape index (κ3) is 3.79. The number of benzene rings is 1. The number of hydrogen-bond donors (Lipinski definition) is 1. The fraction of sp³-hybridized carbons (Fsp3) is 0.280. The number of carbonyl (C=O) groups excluding carboxylic acids is 1. The largest absolute Gasteiger partial charge is 0.317 e. The van der Waals surface area contributed by atoms with Crippen molar-refractivity contribution in [2.24, 2.45) is 0 Å². The van der Waals surface area contributed by atoms with Crippen molar-refractivity contribution in [3.63, 3.8) is 0 Å². The number of aryl methyl sites for hydroxylation is 3. The monoisotopic (exact) mass is 456 g/mol. The van der Waals surface area contributed by atoms with Gasteiger partial charge in [0.2, 0.25) is 5.91 Å². The maximum atomic E-state index is 12.7. The van der Waals surface area contributed by atoms with Crippen LogP contribution in [0.3, 0.4) is 0 Å². The predicted molar refractivity (Wildman–Crippen MR) is 127 cm³/mol. The van der Waals surface area contributed by atoms with Crippen molar-refractivity contribution in [1.29, 1.82) is 10.5 Å². The van der Waals surface area contributed by atoms with Crippen LogP contribution in [0.4, 0.5) is 5.00 Å². The first kappa shape index (κ1) is 20.8. The maximum Gasteiger partial charge on any atom is 0.225 e. The second-order valence-electron chi connectivity index (χ2n) is 7.94. The summed E-state index contributed by atoms with van der Waals surface area (Å²) in [5.74, 6) is 0.405. The molecule has 0 radical (unpaired) electrons. The third-order valence-corrected chi connectivity index (χ3v) is 8.16. The Morgan fingerprint density at radius 3 is 2.84 bits per heavy atom. The first-order valence-electron chi connectivity index (χ1n) is 10.7. The first-order valence-corrected chi connectivity index (χ1v) is 12.5. The maximum absolute atomic E-state index is 12.7. The van der Waals surface area contributed by atoms with Gasteiger partial charge in [0.05, 0.1) is 11.1 Å². The molecule has 2 heterocycles. The molecule has 1 N–H and O–H groups in total. The number of hydrogen-bond acceptors (Lipinski definition) is 6. The summed E-state index contributed by atoms with van der Waals surface area (Å²) < 4.78 is 0. The standard InChI is InChI=1S/C25H20N4OS2/c26-13-17-12-16-5-3-7-21(16)28-24(17)31-11-10-22(30)29-25-20(14-27)19-9-8-15-4-1-2-6-18(15)23(19)32-25/h1-2,4,6,12H,3,5,7-11H2,(H,29,30). The minimum absolute atomic E-state index is 0.124. The summed E-state index contributed by atoms with van der Waals surface area (Å²) >= 11 is 2.94. The number of aromatic nitrogens is 1. The van der Waals surface area contributed by atoms with Crippen LogP contribution in [0.25, 0.3) is 10.4 Å². The normalized spacial score (nSPS) is 13.4. The number of carbonyl (C=O) groups is 1. The predicted octanol–water partition coefficient (Wildman–Crippen LogP) is 5.26. The van der Waals surface area contributed by atoms with Crippen LogP contribution in [-0.4, -0.2) is 16.6 Å². The van der Waals surface area contributed by atoms with E-state index < -0.39 is 0 Å². The number of fused-ring (bicyclic) bond motifs is 4. The number of pyridine rings is 1. The Morgan fingerprint density at radius 2 is 2.00 bits per heavy atom. The number of nitrogens with zero attached hydrogens (tertiary/aromatic N) is 3. The lowest BCUT2D eigenvalue weighted by Gasteiger charge is -2.15. The highest BCUT2D eigenvalue weighted by molar-refractivity contribution is 7.99. The van der Waals surface area contributed by atoms with Gasteiger partial charge in [0.15, 0.2) is 0 Å². The summed E-state index contributed by atoms with van der Waals surface area (Å²) in [6, 6.07) is 14.8. The summed E-state index contributed by atoms with van der Waals surface area (Å²) in [4.78, 5) is 18.4. The summed E-state index contributed by atoms with van der Waals surface area (Å²) in [6.45, 7) is 0. The van der Waals surface area contributed by atoms with Gasteiger partial charge in [-0.05, 0) is 60.4 Å². The van der Waals surface area contributed by atoms with Gasteiger partial charge in [-0.1, -0.05) is 24.3 Å². The zero-order valence-electron chi connectivity index (χ0n) is 17.4. The summed E-state index contributed by atoms with van der Waals surface area (Å²) in [6.07, 6.45) is 5.05. The molecule has 0 spiro atoms. The van der Waals surface area contributed by atoms with Crippen LogP contribution >= 0.6 is 23.1 Å². The zero-order chi connectivity index (χ0) is 22.1. The second-order valence-corrected chi connectivity index (χ2v) is 10.0. The minimum atomic E-state index is -0.124. The number of anilines is 1. The van der Waals surface area contributed by atoms with Gasteiger partial charge in [0.1, 0.15) is 22.2 Å². The first-order chi connectivity index (χ1) is 15.7. The van der Waals surface area contributed by atoms with Crippen molar-refractivity contribution >= 4 is 34.0 Å². The molecule has 0 bridgehead atoms. The van der Waals surface area contributed by atoms with Crippen molar-refractivity contribution in [1.82, 2.24) is 4.98 Å². The van der Waals surface area contributed by atoms with E-state index in [0.717, 1.165) is 53.8 Å². The van der Waals surface area contributed by atoms with E-state index in [0.29, 0.717) is 33.3 Å². The molecule has 3 aromatic rings. The van der Waals surface area contributed by atoms with Gasteiger partial charge in [-0.25, -0.2) is 4.98 Å². The number of nitrogens with one attached hydrogen (secondary N) is 1. The molecule has 0 saturated carbocycles. The molecule has 2 aromatic heterocycles. The molecule has 32 heavy (non-hydrogen) atoms. The van der Waals surface area contributed by atoms with Gasteiger partial charge in [-0.2, -0.15) is 10.5 Å². The highest BCUT2D eigenvalue weighted by Gasteiger charge is 2.25. The van der Waals surface area contributed by atoms with Gasteiger partial charge >= 0.3 is 0 Å². The quantitative estimate of drug-likeness (QED) is 0.529. The highest BCUT2D eigenvalue weighted by Crippen LogP contribution is 2.44. The molecule has 1 amide bonds. The van der Waals surface area contributed by atoms with Crippen molar-refractivity contribution < 1.29 is 4.79 Å². The fourth-order valence-electron chi connectivity index (χ4n) is 4.42. The highest BCUT2D eigenvalue weighted by atomic mass is 32.2. The molecular weight excluding hydrogens is 436 g/mol.